The van der Waals surface area contributed by atoms with Crippen molar-refractivity contribution < 1.29 is 20.0 Å². The topological polar surface area (TPSA) is 69.4 Å². The molecule has 2 unspecified atom stereocenters. The molecule has 1 heterocycles. The van der Waals surface area contributed by atoms with Gasteiger partial charge in [-0.15, -0.1) is 0 Å². The van der Waals surface area contributed by atoms with E-state index in [1.807, 2.05) is 7.05 Å². The first-order valence-corrected chi connectivity index (χ1v) is 5.49. The fourth-order valence-corrected chi connectivity index (χ4v) is 1.66. The summed E-state index contributed by atoms with van der Waals surface area (Å²) < 4.78 is 5.55. The normalized spacial score (nSPS) is 24.3. The van der Waals surface area contributed by atoms with Crippen molar-refractivity contribution in [2.75, 3.05) is 20.2 Å². The van der Waals surface area contributed by atoms with Gasteiger partial charge in [0.15, 0.2) is 5.69 Å². The maximum absolute atomic E-state index is 10.7. The number of nitrogens with zero attached hydrogens (tertiary/aromatic N) is 1. The number of ether oxygens (including phenoxy) is 1. The van der Waals surface area contributed by atoms with Crippen molar-refractivity contribution in [3.8, 4) is 0 Å². The van der Waals surface area contributed by atoms with Crippen LogP contribution in [0.4, 0.5) is 5.69 Å². The van der Waals surface area contributed by atoms with Crippen LogP contribution in [0.3, 0.4) is 0 Å². The van der Waals surface area contributed by atoms with E-state index in [2.05, 4.69) is 0 Å². The van der Waals surface area contributed by atoms with Crippen LogP contribution in [0.2, 0.25) is 0 Å². The largest absolute Gasteiger partial charge is 0.595 e. The van der Waals surface area contributed by atoms with E-state index in [0.717, 1.165) is 18.5 Å². The van der Waals surface area contributed by atoms with Gasteiger partial charge in [0.2, 0.25) is 6.29 Å². The highest BCUT2D eigenvalue weighted by Crippen LogP contribution is 2.23. The summed E-state index contributed by atoms with van der Waals surface area (Å²) in [7, 11) is 1.85. The van der Waals surface area contributed by atoms with Crippen LogP contribution in [0.5, 0.6) is 0 Å². The van der Waals surface area contributed by atoms with Gasteiger partial charge in [-0.05, 0) is 18.6 Å². The highest BCUT2D eigenvalue weighted by molar-refractivity contribution is 5.32. The molecule has 0 spiro atoms. The van der Waals surface area contributed by atoms with Crippen LogP contribution in [-0.2, 0) is 9.57 Å². The van der Waals surface area contributed by atoms with Gasteiger partial charge in [-0.25, -0.2) is 5.21 Å². The third-order valence-corrected chi connectivity index (χ3v) is 2.59. The molecule has 1 fully saturated rings. The predicted octanol–water partition coefficient (Wildman–Crippen LogP) is 0.372. The highest BCUT2D eigenvalue weighted by atomic mass is 16.8. The first-order valence-electron chi connectivity index (χ1n) is 5.49. The molecular weight excluding hydrogens is 224 g/mol. The number of hydroxylamine groups is 2. The molecule has 1 aliphatic heterocycles. The van der Waals surface area contributed by atoms with Crippen LogP contribution in [0, 0.1) is 5.21 Å². The molecule has 94 valence electrons. The van der Waals surface area contributed by atoms with E-state index in [9.17, 15) is 5.21 Å². The first-order chi connectivity index (χ1) is 8.16. The SMILES string of the molecule is CN1CCCOC(c2ccc([NH+]([O-])O)cc2)O1. The van der Waals surface area contributed by atoms with Gasteiger partial charge in [0, 0.05) is 31.3 Å². The number of hydrogen-bond donors (Lipinski definition) is 2. The van der Waals surface area contributed by atoms with Gasteiger partial charge < -0.3 is 9.94 Å². The van der Waals surface area contributed by atoms with E-state index < -0.39 is 11.5 Å². The molecule has 2 N–H and O–H groups in total. The lowest BCUT2D eigenvalue weighted by molar-refractivity contribution is -0.991. The minimum Gasteiger partial charge on any atom is -0.595 e. The van der Waals surface area contributed by atoms with Crippen LogP contribution in [0.25, 0.3) is 0 Å². The highest BCUT2D eigenvalue weighted by Gasteiger charge is 2.19. The molecule has 2 atom stereocenters. The summed E-state index contributed by atoms with van der Waals surface area (Å²) in [6.07, 6.45) is 0.463. The van der Waals surface area contributed by atoms with Gasteiger partial charge in [0.05, 0.1) is 6.61 Å². The van der Waals surface area contributed by atoms with Crippen molar-refractivity contribution in [3.63, 3.8) is 0 Å². The maximum atomic E-state index is 10.7. The van der Waals surface area contributed by atoms with Gasteiger partial charge in [-0.2, -0.15) is 10.3 Å². The molecular formula is C11H16N2O4. The van der Waals surface area contributed by atoms with Gasteiger partial charge in [-0.1, -0.05) is 0 Å². The summed E-state index contributed by atoms with van der Waals surface area (Å²) in [5.41, 5.74) is 1.08. The summed E-state index contributed by atoms with van der Waals surface area (Å²) >= 11 is 0. The van der Waals surface area contributed by atoms with E-state index in [1.54, 1.807) is 29.3 Å². The third-order valence-electron chi connectivity index (χ3n) is 2.59. The van der Waals surface area contributed by atoms with Crippen molar-refractivity contribution in [2.45, 2.75) is 12.7 Å². The standard InChI is InChI=1S/C11H16N2O4/c1-12-7-2-8-16-11(17-12)9-3-5-10(6-4-9)13(14)15/h3-6,11,13-14H,2,7-8H2,1H3. The lowest BCUT2D eigenvalue weighted by Crippen LogP contribution is -2.99. The molecule has 6 nitrogen and oxygen atoms in total. The number of hydrogen-bond acceptors (Lipinski definition) is 5. The van der Waals surface area contributed by atoms with E-state index in [0.29, 0.717) is 6.61 Å². The smallest absolute Gasteiger partial charge is 0.203 e. The van der Waals surface area contributed by atoms with Crippen molar-refractivity contribution in [3.05, 3.63) is 35.0 Å². The lowest BCUT2D eigenvalue weighted by atomic mass is 10.2. The fourth-order valence-electron chi connectivity index (χ4n) is 1.66. The molecule has 1 aromatic rings. The van der Waals surface area contributed by atoms with E-state index in [1.165, 1.54) is 0 Å². The quantitative estimate of drug-likeness (QED) is 0.731. The maximum Gasteiger partial charge on any atom is 0.203 e. The van der Waals surface area contributed by atoms with Crippen LogP contribution < -0.4 is 5.23 Å². The van der Waals surface area contributed by atoms with Crippen LogP contribution >= 0.6 is 0 Å². The third kappa shape index (κ3) is 3.22. The molecule has 1 aliphatic rings. The Bertz CT molecular complexity index is 355. The van der Waals surface area contributed by atoms with Crippen molar-refractivity contribution >= 4 is 5.69 Å². The fraction of sp³-hybridized carbons (Fsp3) is 0.455. The molecule has 0 bridgehead atoms. The van der Waals surface area contributed by atoms with E-state index in [-0.39, 0.29) is 5.69 Å². The average Bonchev–Trinajstić information content (AvgIpc) is 2.54. The van der Waals surface area contributed by atoms with Crippen LogP contribution in [-0.4, -0.2) is 30.5 Å². The zero-order valence-corrected chi connectivity index (χ0v) is 9.63. The molecule has 1 aromatic carbocycles. The molecule has 2 rings (SSSR count). The average molecular weight is 240 g/mol. The molecule has 0 amide bonds. The Balaban J connectivity index is 2.10. The molecule has 17 heavy (non-hydrogen) atoms. The van der Waals surface area contributed by atoms with Gasteiger partial charge in [0.1, 0.15) is 0 Å². The van der Waals surface area contributed by atoms with Gasteiger partial charge in [-0.3, -0.25) is 4.84 Å². The van der Waals surface area contributed by atoms with Crippen molar-refractivity contribution in [1.29, 1.82) is 0 Å². The second kappa shape index (κ2) is 5.54. The molecule has 6 heteroatoms. The number of quaternary nitrogens is 1. The number of benzene rings is 1. The Morgan fingerprint density at radius 3 is 2.76 bits per heavy atom. The van der Waals surface area contributed by atoms with Gasteiger partial charge in [0.25, 0.3) is 0 Å². The summed E-state index contributed by atoms with van der Waals surface area (Å²) in [4.78, 5) is 5.56. The Labute approximate surface area is 99.4 Å². The van der Waals surface area contributed by atoms with E-state index >= 15 is 0 Å². The second-order valence-electron chi connectivity index (χ2n) is 3.94. The lowest BCUT2D eigenvalue weighted by Gasteiger charge is -2.20. The van der Waals surface area contributed by atoms with Crippen LogP contribution in [0.15, 0.2) is 24.3 Å². The zero-order valence-electron chi connectivity index (χ0n) is 9.63. The Kier molecular flexibility index (Phi) is 4.06. The summed E-state index contributed by atoms with van der Waals surface area (Å²) in [6.45, 7) is 1.46. The summed E-state index contributed by atoms with van der Waals surface area (Å²) in [5, 5.41) is 20.3. The summed E-state index contributed by atoms with van der Waals surface area (Å²) in [6, 6.07) is 6.53. The minimum atomic E-state index is -0.934. The summed E-state index contributed by atoms with van der Waals surface area (Å²) in [5.74, 6) is 0. The minimum absolute atomic E-state index is 0.260. The molecule has 0 aromatic heterocycles. The van der Waals surface area contributed by atoms with Crippen molar-refractivity contribution in [2.24, 2.45) is 0 Å². The van der Waals surface area contributed by atoms with Crippen molar-refractivity contribution in [1.82, 2.24) is 5.06 Å². The Hall–Kier alpha value is -1.02. The molecule has 0 aliphatic carbocycles. The number of nitrogens with one attached hydrogen (secondary N) is 1. The van der Waals surface area contributed by atoms with Crippen LogP contribution in [0.1, 0.15) is 18.3 Å². The number of rotatable bonds is 2. The molecule has 0 radical (unpaired) electrons. The first kappa shape index (κ1) is 12.4. The Morgan fingerprint density at radius 1 is 1.41 bits per heavy atom. The molecule has 0 saturated carbocycles. The second-order valence-corrected chi connectivity index (χ2v) is 3.94. The predicted molar refractivity (Wildman–Crippen MR) is 59.2 cm³/mol. The van der Waals surface area contributed by atoms with E-state index in [4.69, 9.17) is 14.8 Å². The Morgan fingerprint density at radius 2 is 2.12 bits per heavy atom. The zero-order chi connectivity index (χ0) is 12.3. The van der Waals surface area contributed by atoms with Gasteiger partial charge >= 0.3 is 0 Å². The molecule has 1 saturated heterocycles. The monoisotopic (exact) mass is 240 g/mol.